The molecule has 9 heteroatoms. The smallest absolute Gasteiger partial charge is 0.361 e. The normalized spacial score (nSPS) is 28.1. The molecule has 126 valence electrons. The zero-order chi connectivity index (χ0) is 17.0. The van der Waals surface area contributed by atoms with Crippen molar-refractivity contribution in [1.82, 2.24) is 4.90 Å². The van der Waals surface area contributed by atoms with E-state index in [1.807, 2.05) is 0 Å². The summed E-state index contributed by atoms with van der Waals surface area (Å²) in [5.41, 5.74) is -0.364. The highest BCUT2D eigenvalue weighted by Gasteiger charge is 2.51. The van der Waals surface area contributed by atoms with Crippen molar-refractivity contribution in [3.05, 3.63) is 20.8 Å². The number of hydrogen-bond donors (Lipinski definition) is 0. The Morgan fingerprint density at radius 1 is 1.52 bits per heavy atom. The third kappa shape index (κ3) is 2.77. The van der Waals surface area contributed by atoms with Crippen molar-refractivity contribution in [2.45, 2.75) is 37.6 Å². The minimum absolute atomic E-state index is 0.0807. The fourth-order valence-corrected chi connectivity index (χ4v) is 4.69. The van der Waals surface area contributed by atoms with Gasteiger partial charge in [-0.25, -0.2) is 0 Å². The molecule has 0 N–H and O–H groups in total. The van der Waals surface area contributed by atoms with Gasteiger partial charge in [-0.3, -0.25) is 9.59 Å². The third-order valence-electron chi connectivity index (χ3n) is 4.31. The standard InChI is InChI=1S/C14H13ClF3NO3S/c1-7-5-13(2-3-19(7)12(21)14(16,17)18)11-8(4-10(15)23-11)9(20)6-22-13/h4,7H,2-3,5-6H2,1H3/t7-,13+/m0/s1. The molecule has 1 fully saturated rings. The van der Waals surface area contributed by atoms with Gasteiger partial charge < -0.3 is 9.64 Å². The molecule has 4 nitrogen and oxygen atoms in total. The van der Waals surface area contributed by atoms with Gasteiger partial charge in [-0.1, -0.05) is 11.6 Å². The lowest BCUT2D eigenvalue weighted by atomic mass is 9.82. The molecule has 3 rings (SSSR count). The van der Waals surface area contributed by atoms with Crippen LogP contribution in [0.2, 0.25) is 4.34 Å². The van der Waals surface area contributed by atoms with Crippen LogP contribution in [-0.2, 0) is 15.1 Å². The van der Waals surface area contributed by atoms with Crippen LogP contribution in [0.25, 0.3) is 0 Å². The molecule has 3 heterocycles. The molecule has 0 aromatic carbocycles. The quantitative estimate of drug-likeness (QED) is 0.706. The molecule has 1 aromatic heterocycles. The van der Waals surface area contributed by atoms with Gasteiger partial charge in [0.05, 0.1) is 4.34 Å². The van der Waals surface area contributed by atoms with Crippen molar-refractivity contribution in [2.24, 2.45) is 0 Å². The zero-order valence-corrected chi connectivity index (χ0v) is 13.6. The number of ether oxygens (including phenoxy) is 1. The average molecular weight is 368 g/mol. The maximum atomic E-state index is 12.7. The maximum Gasteiger partial charge on any atom is 0.471 e. The minimum Gasteiger partial charge on any atom is -0.361 e. The number of thiophene rings is 1. The van der Waals surface area contributed by atoms with Crippen molar-refractivity contribution in [3.8, 4) is 0 Å². The summed E-state index contributed by atoms with van der Waals surface area (Å²) in [5, 5.41) is 0. The first-order valence-electron chi connectivity index (χ1n) is 6.99. The predicted octanol–water partition coefficient (Wildman–Crippen LogP) is 3.38. The van der Waals surface area contributed by atoms with Gasteiger partial charge in [0.1, 0.15) is 12.2 Å². The van der Waals surface area contributed by atoms with E-state index < -0.39 is 23.7 Å². The summed E-state index contributed by atoms with van der Waals surface area (Å²) in [6.07, 6.45) is -4.48. The molecule has 0 bridgehead atoms. The van der Waals surface area contributed by atoms with Gasteiger partial charge >= 0.3 is 12.1 Å². The first kappa shape index (κ1) is 16.7. The number of nitrogens with zero attached hydrogens (tertiary/aromatic N) is 1. The molecule has 1 amide bonds. The lowest BCUT2D eigenvalue weighted by molar-refractivity contribution is -0.194. The summed E-state index contributed by atoms with van der Waals surface area (Å²) >= 11 is 7.20. The number of halogens is 4. The highest BCUT2D eigenvalue weighted by atomic mass is 35.5. The van der Waals surface area contributed by atoms with Gasteiger partial charge in [-0.15, -0.1) is 11.3 Å². The Morgan fingerprint density at radius 2 is 2.22 bits per heavy atom. The summed E-state index contributed by atoms with van der Waals surface area (Å²) in [5.74, 6) is -2.02. The van der Waals surface area contributed by atoms with Gasteiger partial charge in [0.25, 0.3) is 0 Å². The molecule has 1 saturated heterocycles. The molecule has 0 saturated carbocycles. The van der Waals surface area contributed by atoms with Crippen LogP contribution in [0.3, 0.4) is 0 Å². The highest BCUT2D eigenvalue weighted by molar-refractivity contribution is 7.16. The van der Waals surface area contributed by atoms with E-state index in [1.165, 1.54) is 11.3 Å². The van der Waals surface area contributed by atoms with E-state index >= 15 is 0 Å². The van der Waals surface area contributed by atoms with Gasteiger partial charge in [0, 0.05) is 29.4 Å². The highest BCUT2D eigenvalue weighted by Crippen LogP contribution is 2.48. The topological polar surface area (TPSA) is 46.6 Å². The Morgan fingerprint density at radius 3 is 2.83 bits per heavy atom. The first-order chi connectivity index (χ1) is 10.6. The number of carbonyl (C=O) groups excluding carboxylic acids is 2. The zero-order valence-electron chi connectivity index (χ0n) is 12.1. The largest absolute Gasteiger partial charge is 0.471 e. The van der Waals surface area contributed by atoms with Crippen LogP contribution in [-0.4, -0.2) is 42.0 Å². The van der Waals surface area contributed by atoms with Gasteiger partial charge in [-0.2, -0.15) is 13.2 Å². The SMILES string of the molecule is C[C@H]1C[C@@]2(CCN1C(=O)C(F)(F)F)OCC(=O)c1cc(Cl)sc12. The average Bonchev–Trinajstić information content (AvgIpc) is 2.85. The molecule has 1 spiro atoms. The number of amides is 1. The van der Waals surface area contributed by atoms with Crippen LogP contribution >= 0.6 is 22.9 Å². The van der Waals surface area contributed by atoms with Crippen molar-refractivity contribution < 1.29 is 27.5 Å². The van der Waals surface area contributed by atoms with E-state index in [9.17, 15) is 22.8 Å². The summed E-state index contributed by atoms with van der Waals surface area (Å²) in [6.45, 7) is 1.35. The second-order valence-electron chi connectivity index (χ2n) is 5.80. The maximum absolute atomic E-state index is 12.7. The van der Waals surface area contributed by atoms with Gasteiger partial charge in [-0.05, 0) is 19.4 Å². The van der Waals surface area contributed by atoms with Gasteiger partial charge in [0.15, 0.2) is 5.78 Å². The number of likely N-dealkylation sites (tertiary alicyclic amines) is 1. The molecule has 0 unspecified atom stereocenters. The van der Waals surface area contributed by atoms with Crippen molar-refractivity contribution in [2.75, 3.05) is 13.2 Å². The molecule has 1 aromatic rings. The number of rotatable bonds is 0. The van der Waals surface area contributed by atoms with E-state index in [1.54, 1.807) is 13.0 Å². The van der Waals surface area contributed by atoms with E-state index in [4.69, 9.17) is 16.3 Å². The van der Waals surface area contributed by atoms with Gasteiger partial charge in [0.2, 0.25) is 0 Å². The number of alkyl halides is 3. The van der Waals surface area contributed by atoms with E-state index in [2.05, 4.69) is 0 Å². The van der Waals surface area contributed by atoms with E-state index in [-0.39, 0.29) is 31.8 Å². The Bertz CT molecular complexity index is 675. The minimum atomic E-state index is -4.89. The Hall–Kier alpha value is -1.12. The van der Waals surface area contributed by atoms with Crippen LogP contribution in [0.15, 0.2) is 6.07 Å². The van der Waals surface area contributed by atoms with E-state index in [0.29, 0.717) is 14.8 Å². The first-order valence-corrected chi connectivity index (χ1v) is 8.18. The Balaban J connectivity index is 1.89. The van der Waals surface area contributed by atoms with Crippen molar-refractivity contribution in [3.63, 3.8) is 0 Å². The summed E-state index contributed by atoms with van der Waals surface area (Å²) in [7, 11) is 0. The monoisotopic (exact) mass is 367 g/mol. The lowest BCUT2D eigenvalue weighted by Crippen LogP contribution is -2.55. The van der Waals surface area contributed by atoms with Crippen LogP contribution in [0.1, 0.15) is 35.0 Å². The molecule has 2 atom stereocenters. The number of piperidine rings is 1. The van der Waals surface area contributed by atoms with Crippen LogP contribution in [0.4, 0.5) is 13.2 Å². The molecule has 2 aliphatic heterocycles. The second kappa shape index (κ2) is 5.46. The van der Waals surface area contributed by atoms with Crippen LogP contribution in [0, 0.1) is 0 Å². The summed E-state index contributed by atoms with van der Waals surface area (Å²) < 4.78 is 44.1. The van der Waals surface area contributed by atoms with Crippen molar-refractivity contribution in [1.29, 1.82) is 0 Å². The molecule has 23 heavy (non-hydrogen) atoms. The number of fused-ring (bicyclic) bond motifs is 2. The number of hydrogen-bond acceptors (Lipinski definition) is 4. The van der Waals surface area contributed by atoms with Crippen LogP contribution in [0.5, 0.6) is 0 Å². The molecular weight excluding hydrogens is 355 g/mol. The molecular formula is C14H13ClF3NO3S. The summed E-state index contributed by atoms with van der Waals surface area (Å²) in [4.78, 5) is 24.9. The number of carbonyl (C=O) groups is 2. The molecule has 2 aliphatic rings. The lowest BCUT2D eigenvalue weighted by Gasteiger charge is -2.46. The molecule has 0 radical (unpaired) electrons. The summed E-state index contributed by atoms with van der Waals surface area (Å²) in [6, 6.07) is 0.923. The van der Waals surface area contributed by atoms with Crippen molar-refractivity contribution >= 4 is 34.6 Å². The fourth-order valence-electron chi connectivity index (χ4n) is 3.27. The predicted molar refractivity (Wildman–Crippen MR) is 77.8 cm³/mol. The second-order valence-corrected chi connectivity index (χ2v) is 7.48. The Labute approximate surface area is 139 Å². The fraction of sp³-hybridized carbons (Fsp3) is 0.571. The number of ketones is 1. The third-order valence-corrected chi connectivity index (χ3v) is 5.76. The molecule has 0 aliphatic carbocycles. The Kier molecular flexibility index (Phi) is 3.97. The van der Waals surface area contributed by atoms with E-state index in [0.717, 1.165) is 4.90 Å². The number of Topliss-reactive ketones (excluding diaryl/α,β-unsaturated/α-hetero) is 1. The van der Waals surface area contributed by atoms with Crippen LogP contribution < -0.4 is 0 Å².